The van der Waals surface area contributed by atoms with E-state index < -0.39 is 17.6 Å². The maximum absolute atomic E-state index is 12.6. The van der Waals surface area contributed by atoms with Gasteiger partial charge in [0.1, 0.15) is 11.9 Å². The van der Waals surface area contributed by atoms with Crippen molar-refractivity contribution in [3.8, 4) is 6.07 Å². The number of anilines is 1. The third kappa shape index (κ3) is 4.55. The van der Waals surface area contributed by atoms with Crippen LogP contribution in [0.4, 0.5) is 18.9 Å². The highest BCUT2D eigenvalue weighted by Gasteiger charge is 2.30. The van der Waals surface area contributed by atoms with Crippen molar-refractivity contribution in [3.05, 3.63) is 56.8 Å². The van der Waals surface area contributed by atoms with Gasteiger partial charge in [-0.1, -0.05) is 11.6 Å². The summed E-state index contributed by atoms with van der Waals surface area (Å²) in [7, 11) is 0. The van der Waals surface area contributed by atoms with E-state index in [0.29, 0.717) is 29.9 Å². The summed E-state index contributed by atoms with van der Waals surface area (Å²) in [5, 5.41) is 14.9. The van der Waals surface area contributed by atoms with Crippen molar-refractivity contribution in [3.63, 3.8) is 0 Å². The normalized spacial score (nSPS) is 15.8. The summed E-state index contributed by atoms with van der Waals surface area (Å²) in [6.07, 6.45) is -2.84. The van der Waals surface area contributed by atoms with Gasteiger partial charge in [-0.3, -0.25) is 4.79 Å². The van der Waals surface area contributed by atoms with Crippen molar-refractivity contribution in [2.75, 3.05) is 18.4 Å². The number of nitriles is 1. The number of benzene rings is 1. The molecule has 0 atom stereocenters. The van der Waals surface area contributed by atoms with Gasteiger partial charge in [0.2, 0.25) is 0 Å². The van der Waals surface area contributed by atoms with E-state index in [9.17, 15) is 23.2 Å². The number of carbonyl (C=O) groups is 1. The number of nitrogens with zero attached hydrogens (tertiary/aromatic N) is 3. The fourth-order valence-electron chi connectivity index (χ4n) is 2.63. The molecule has 11 heteroatoms. The Hall–Kier alpha value is -2.77. The third-order valence-corrected chi connectivity index (χ3v) is 5.01. The van der Waals surface area contributed by atoms with Crippen molar-refractivity contribution < 1.29 is 18.0 Å². The lowest BCUT2D eigenvalue weighted by molar-refractivity contribution is -0.137. The van der Waals surface area contributed by atoms with E-state index in [-0.39, 0.29) is 11.3 Å². The lowest BCUT2D eigenvalue weighted by atomic mass is 10.2. The molecule has 0 saturated carbocycles. The van der Waals surface area contributed by atoms with Crippen LogP contribution in [0.1, 0.15) is 10.4 Å². The first kappa shape index (κ1) is 20.0. The van der Waals surface area contributed by atoms with Gasteiger partial charge < -0.3 is 15.5 Å². The van der Waals surface area contributed by atoms with Crippen LogP contribution in [0, 0.1) is 11.3 Å². The van der Waals surface area contributed by atoms with E-state index in [1.807, 2.05) is 11.0 Å². The second-order valence-corrected chi connectivity index (χ2v) is 7.49. The average Bonchev–Trinajstić information content (AvgIpc) is 3.25. The summed E-state index contributed by atoms with van der Waals surface area (Å²) in [6, 6.07) is 5.87. The van der Waals surface area contributed by atoms with Crippen LogP contribution in [-0.4, -0.2) is 28.9 Å². The molecular formula is C17H13ClF3N5OS. The van der Waals surface area contributed by atoms with Crippen LogP contribution >= 0.6 is 22.9 Å². The molecule has 1 saturated heterocycles. The highest BCUT2D eigenvalue weighted by atomic mass is 35.5. The SMILES string of the molecule is N#C/C(C(=O)Nc1ccc(C(F)(F)F)cc1)=C1/NCCN1Cc1cnc(Cl)s1. The van der Waals surface area contributed by atoms with Gasteiger partial charge in [-0.2, -0.15) is 18.4 Å². The Bertz CT molecular complexity index is 949. The molecule has 0 radical (unpaired) electrons. The minimum Gasteiger partial charge on any atom is -0.369 e. The minimum absolute atomic E-state index is 0.158. The zero-order valence-electron chi connectivity index (χ0n) is 14.2. The third-order valence-electron chi connectivity index (χ3n) is 3.91. The van der Waals surface area contributed by atoms with Crippen LogP contribution in [0.25, 0.3) is 0 Å². The van der Waals surface area contributed by atoms with Crippen LogP contribution in [0.2, 0.25) is 4.47 Å². The largest absolute Gasteiger partial charge is 0.416 e. The predicted octanol–water partition coefficient (Wildman–Crippen LogP) is 3.59. The maximum Gasteiger partial charge on any atom is 0.416 e. The van der Waals surface area contributed by atoms with Crippen LogP contribution in [0.5, 0.6) is 0 Å². The molecule has 6 nitrogen and oxygen atoms in total. The molecule has 28 heavy (non-hydrogen) atoms. The Balaban J connectivity index is 1.77. The van der Waals surface area contributed by atoms with Gasteiger partial charge in [-0.25, -0.2) is 4.98 Å². The molecular weight excluding hydrogens is 415 g/mol. The quantitative estimate of drug-likeness (QED) is 0.575. The summed E-state index contributed by atoms with van der Waals surface area (Å²) in [5.41, 5.74) is -0.825. The molecule has 1 amide bonds. The molecule has 1 fully saturated rings. The smallest absolute Gasteiger partial charge is 0.369 e. The molecule has 3 rings (SSSR count). The van der Waals surface area contributed by atoms with Crippen LogP contribution in [-0.2, 0) is 17.5 Å². The summed E-state index contributed by atoms with van der Waals surface area (Å²) in [6.45, 7) is 1.54. The van der Waals surface area contributed by atoms with Gasteiger partial charge in [-0.05, 0) is 24.3 Å². The van der Waals surface area contributed by atoms with Crippen molar-refractivity contribution in [1.29, 1.82) is 5.26 Å². The van der Waals surface area contributed by atoms with E-state index >= 15 is 0 Å². The number of nitrogens with one attached hydrogen (secondary N) is 2. The molecule has 1 aromatic carbocycles. The van der Waals surface area contributed by atoms with Gasteiger partial charge in [0, 0.05) is 29.9 Å². The van der Waals surface area contributed by atoms with E-state index in [4.69, 9.17) is 11.6 Å². The number of carbonyl (C=O) groups excluding carboxylic acids is 1. The van der Waals surface area contributed by atoms with Gasteiger partial charge in [0.15, 0.2) is 10.0 Å². The Morgan fingerprint density at radius 2 is 2.11 bits per heavy atom. The van der Waals surface area contributed by atoms with Crippen LogP contribution in [0.3, 0.4) is 0 Å². The van der Waals surface area contributed by atoms with Crippen molar-refractivity contribution >= 4 is 34.5 Å². The number of halogens is 4. The van der Waals surface area contributed by atoms with Crippen molar-refractivity contribution in [1.82, 2.24) is 15.2 Å². The molecule has 0 unspecified atom stereocenters. The van der Waals surface area contributed by atoms with Crippen molar-refractivity contribution in [2.24, 2.45) is 0 Å². The van der Waals surface area contributed by atoms with Gasteiger partial charge in [-0.15, -0.1) is 11.3 Å². The summed E-state index contributed by atoms with van der Waals surface area (Å²) >= 11 is 7.12. The molecule has 146 valence electrons. The first-order valence-electron chi connectivity index (χ1n) is 8.00. The molecule has 2 heterocycles. The summed E-state index contributed by atoms with van der Waals surface area (Å²) < 4.78 is 38.3. The first-order valence-corrected chi connectivity index (χ1v) is 9.19. The Morgan fingerprint density at radius 3 is 2.68 bits per heavy atom. The molecule has 0 spiro atoms. The number of aromatic nitrogens is 1. The molecule has 0 aliphatic carbocycles. The topological polar surface area (TPSA) is 81.0 Å². The Kier molecular flexibility index (Phi) is 5.76. The predicted molar refractivity (Wildman–Crippen MR) is 98.2 cm³/mol. The van der Waals surface area contributed by atoms with Gasteiger partial charge in [0.05, 0.1) is 12.1 Å². The molecule has 2 N–H and O–H groups in total. The second kappa shape index (κ2) is 8.08. The minimum atomic E-state index is -4.46. The van der Waals surface area contributed by atoms with Gasteiger partial charge >= 0.3 is 6.18 Å². The standard InChI is InChI=1S/C17H13ClF3N5OS/c18-16-24-8-12(28-16)9-26-6-5-23-14(26)13(7-22)15(27)25-11-3-1-10(2-4-11)17(19,20)21/h1-4,8,23H,5-6,9H2,(H,25,27)/b14-13+. The number of rotatable bonds is 4. The summed E-state index contributed by atoms with van der Waals surface area (Å²) in [4.78, 5) is 19.1. The number of alkyl halides is 3. The fraction of sp³-hybridized carbons (Fsp3) is 0.235. The number of hydrogen-bond donors (Lipinski definition) is 2. The second-order valence-electron chi connectivity index (χ2n) is 5.79. The highest BCUT2D eigenvalue weighted by Crippen LogP contribution is 2.30. The number of hydrogen-bond acceptors (Lipinski definition) is 6. The van der Waals surface area contributed by atoms with E-state index in [1.165, 1.54) is 11.3 Å². The van der Waals surface area contributed by atoms with E-state index in [2.05, 4.69) is 15.6 Å². The van der Waals surface area contributed by atoms with Crippen molar-refractivity contribution in [2.45, 2.75) is 12.7 Å². The molecule has 0 bridgehead atoms. The highest BCUT2D eigenvalue weighted by molar-refractivity contribution is 7.15. The zero-order chi connectivity index (χ0) is 20.3. The van der Waals surface area contributed by atoms with E-state index in [1.54, 1.807) is 6.20 Å². The number of thiazole rings is 1. The lowest BCUT2D eigenvalue weighted by Gasteiger charge is -2.19. The van der Waals surface area contributed by atoms with Crippen LogP contribution in [0.15, 0.2) is 41.9 Å². The molecule has 2 aromatic rings. The monoisotopic (exact) mass is 427 g/mol. The van der Waals surface area contributed by atoms with Crippen LogP contribution < -0.4 is 10.6 Å². The average molecular weight is 428 g/mol. The Labute approximate surface area is 167 Å². The first-order chi connectivity index (χ1) is 13.3. The van der Waals surface area contributed by atoms with E-state index in [0.717, 1.165) is 29.1 Å². The van der Waals surface area contributed by atoms with Gasteiger partial charge in [0.25, 0.3) is 5.91 Å². The Morgan fingerprint density at radius 1 is 1.39 bits per heavy atom. The molecule has 1 aliphatic rings. The number of amides is 1. The fourth-order valence-corrected chi connectivity index (χ4v) is 3.62. The maximum atomic E-state index is 12.6. The molecule has 1 aromatic heterocycles. The zero-order valence-corrected chi connectivity index (χ0v) is 15.8. The lowest BCUT2D eigenvalue weighted by Crippen LogP contribution is -2.25. The molecule has 1 aliphatic heterocycles. The summed E-state index contributed by atoms with van der Waals surface area (Å²) in [5.74, 6) is -0.351.